The molecule has 0 aromatic rings. The minimum atomic E-state index is -1.02. The summed E-state index contributed by atoms with van der Waals surface area (Å²) in [5.74, 6) is -1.02. The van der Waals surface area contributed by atoms with Crippen LogP contribution in [0.25, 0.3) is 0 Å². The Hall–Kier alpha value is -1.26. The second-order valence-electron chi connectivity index (χ2n) is 2.47. The summed E-state index contributed by atoms with van der Waals surface area (Å²) in [5.41, 5.74) is 0. The van der Waals surface area contributed by atoms with E-state index in [9.17, 15) is 9.59 Å². The van der Waals surface area contributed by atoms with E-state index >= 15 is 0 Å². The zero-order chi connectivity index (χ0) is 8.43. The SMILES string of the molecule is CC1CN(CC(=O)O)C(=O)O1. The summed E-state index contributed by atoms with van der Waals surface area (Å²) < 4.78 is 4.70. The molecule has 1 atom stereocenters. The quantitative estimate of drug-likeness (QED) is 0.611. The van der Waals surface area contributed by atoms with Crippen LogP contribution in [0.5, 0.6) is 0 Å². The first-order valence-corrected chi connectivity index (χ1v) is 3.27. The molecule has 62 valence electrons. The highest BCUT2D eigenvalue weighted by Gasteiger charge is 2.29. The van der Waals surface area contributed by atoms with E-state index < -0.39 is 12.1 Å². The number of carbonyl (C=O) groups excluding carboxylic acids is 1. The fraction of sp³-hybridized carbons (Fsp3) is 0.667. The smallest absolute Gasteiger partial charge is 0.410 e. The van der Waals surface area contributed by atoms with E-state index in [0.29, 0.717) is 6.54 Å². The molecule has 0 saturated carbocycles. The highest BCUT2D eigenvalue weighted by atomic mass is 16.6. The summed E-state index contributed by atoms with van der Waals surface area (Å²) in [6.07, 6.45) is -0.734. The first kappa shape index (κ1) is 7.84. The van der Waals surface area contributed by atoms with Crippen molar-refractivity contribution in [2.45, 2.75) is 13.0 Å². The van der Waals surface area contributed by atoms with Gasteiger partial charge in [0.25, 0.3) is 0 Å². The minimum absolute atomic E-state index is 0.193. The lowest BCUT2D eigenvalue weighted by molar-refractivity contribution is -0.137. The van der Waals surface area contributed by atoms with Gasteiger partial charge < -0.3 is 9.84 Å². The van der Waals surface area contributed by atoms with Crippen molar-refractivity contribution in [1.82, 2.24) is 4.90 Å². The lowest BCUT2D eigenvalue weighted by Crippen LogP contribution is -2.30. The summed E-state index contributed by atoms with van der Waals surface area (Å²) in [7, 11) is 0. The third-order valence-corrected chi connectivity index (χ3v) is 1.36. The predicted octanol–water partition coefficient (Wildman–Crippen LogP) is -0.0883. The van der Waals surface area contributed by atoms with Crippen molar-refractivity contribution in [2.75, 3.05) is 13.1 Å². The second-order valence-corrected chi connectivity index (χ2v) is 2.47. The number of ether oxygens (including phenoxy) is 1. The fourth-order valence-corrected chi connectivity index (χ4v) is 0.961. The Balaban J connectivity index is 2.47. The van der Waals surface area contributed by atoms with E-state index in [2.05, 4.69) is 0 Å². The summed E-state index contributed by atoms with van der Waals surface area (Å²) >= 11 is 0. The Labute approximate surface area is 63.5 Å². The molecule has 1 N–H and O–H groups in total. The average Bonchev–Trinajstić information content (AvgIpc) is 2.09. The molecule has 1 aliphatic rings. The Bertz CT molecular complexity index is 191. The molecule has 0 aromatic heterocycles. The second kappa shape index (κ2) is 2.77. The maximum Gasteiger partial charge on any atom is 0.410 e. The summed E-state index contributed by atoms with van der Waals surface area (Å²) in [4.78, 5) is 22.1. The van der Waals surface area contributed by atoms with E-state index in [0.717, 1.165) is 4.90 Å². The number of carboxylic acid groups (broad SMARTS) is 1. The Kier molecular flexibility index (Phi) is 1.98. The highest BCUT2D eigenvalue weighted by molar-refractivity contribution is 5.77. The normalized spacial score (nSPS) is 23.5. The number of hydrogen-bond donors (Lipinski definition) is 1. The van der Waals surface area contributed by atoms with Crippen LogP contribution in [0.3, 0.4) is 0 Å². The molecule has 1 amide bonds. The molecule has 0 radical (unpaired) electrons. The van der Waals surface area contributed by atoms with Crippen LogP contribution in [0, 0.1) is 0 Å². The van der Waals surface area contributed by atoms with Gasteiger partial charge in [0.15, 0.2) is 0 Å². The Morgan fingerprint density at radius 1 is 1.91 bits per heavy atom. The van der Waals surface area contributed by atoms with Gasteiger partial charge in [-0.15, -0.1) is 0 Å². The van der Waals surface area contributed by atoms with Gasteiger partial charge in [-0.3, -0.25) is 9.69 Å². The van der Waals surface area contributed by atoms with Gasteiger partial charge in [-0.1, -0.05) is 0 Å². The third kappa shape index (κ3) is 1.83. The third-order valence-electron chi connectivity index (χ3n) is 1.36. The number of nitrogens with zero attached hydrogens (tertiary/aromatic N) is 1. The van der Waals surface area contributed by atoms with Gasteiger partial charge >= 0.3 is 12.1 Å². The van der Waals surface area contributed by atoms with Gasteiger partial charge in [0, 0.05) is 0 Å². The molecule has 1 rings (SSSR count). The Morgan fingerprint density at radius 2 is 2.55 bits per heavy atom. The number of cyclic esters (lactones) is 1. The molecule has 1 aliphatic heterocycles. The standard InChI is InChI=1S/C6H9NO4/c1-4-2-7(3-5(8)9)6(10)11-4/h4H,2-3H2,1H3,(H,8,9). The Morgan fingerprint density at radius 3 is 2.91 bits per heavy atom. The maximum absolute atomic E-state index is 10.8. The highest BCUT2D eigenvalue weighted by Crippen LogP contribution is 2.08. The molecule has 0 aromatic carbocycles. The van der Waals surface area contributed by atoms with Crippen molar-refractivity contribution in [2.24, 2.45) is 0 Å². The number of carboxylic acids is 1. The molecule has 0 spiro atoms. The largest absolute Gasteiger partial charge is 0.480 e. The average molecular weight is 159 g/mol. The van der Waals surface area contributed by atoms with Crippen LogP contribution >= 0.6 is 0 Å². The van der Waals surface area contributed by atoms with Crippen molar-refractivity contribution >= 4 is 12.1 Å². The van der Waals surface area contributed by atoms with Crippen molar-refractivity contribution in [1.29, 1.82) is 0 Å². The number of carbonyl (C=O) groups is 2. The van der Waals surface area contributed by atoms with Gasteiger partial charge in [0.1, 0.15) is 12.6 Å². The molecular formula is C6H9NO4. The lowest BCUT2D eigenvalue weighted by atomic mass is 10.4. The lowest BCUT2D eigenvalue weighted by Gasteiger charge is -2.07. The van der Waals surface area contributed by atoms with Gasteiger partial charge in [-0.05, 0) is 6.92 Å². The first-order chi connectivity index (χ1) is 5.09. The summed E-state index contributed by atoms with van der Waals surface area (Å²) in [6, 6.07) is 0. The zero-order valence-corrected chi connectivity index (χ0v) is 6.11. The van der Waals surface area contributed by atoms with Crippen LogP contribution in [-0.4, -0.2) is 41.3 Å². The van der Waals surface area contributed by atoms with E-state index in [4.69, 9.17) is 9.84 Å². The van der Waals surface area contributed by atoms with Gasteiger partial charge in [0.2, 0.25) is 0 Å². The van der Waals surface area contributed by atoms with Gasteiger partial charge in [-0.25, -0.2) is 4.79 Å². The van der Waals surface area contributed by atoms with E-state index in [1.165, 1.54) is 0 Å². The molecule has 1 unspecified atom stereocenters. The summed E-state index contributed by atoms with van der Waals surface area (Å²) in [6.45, 7) is 1.81. The van der Waals surface area contributed by atoms with Crippen LogP contribution in [0.4, 0.5) is 4.79 Å². The number of hydrogen-bond acceptors (Lipinski definition) is 3. The van der Waals surface area contributed by atoms with E-state index in [1.807, 2.05) is 0 Å². The molecule has 11 heavy (non-hydrogen) atoms. The molecule has 5 heteroatoms. The van der Waals surface area contributed by atoms with Crippen molar-refractivity contribution < 1.29 is 19.4 Å². The number of aliphatic carboxylic acids is 1. The zero-order valence-electron chi connectivity index (χ0n) is 6.11. The number of amides is 1. The molecule has 1 saturated heterocycles. The topological polar surface area (TPSA) is 66.8 Å². The van der Waals surface area contributed by atoms with Crippen molar-refractivity contribution in [3.8, 4) is 0 Å². The molecule has 5 nitrogen and oxygen atoms in total. The van der Waals surface area contributed by atoms with E-state index in [1.54, 1.807) is 6.92 Å². The van der Waals surface area contributed by atoms with Crippen molar-refractivity contribution in [3.63, 3.8) is 0 Å². The molecule has 0 aliphatic carbocycles. The van der Waals surface area contributed by atoms with Crippen LogP contribution in [0.15, 0.2) is 0 Å². The van der Waals surface area contributed by atoms with Crippen LogP contribution in [0.1, 0.15) is 6.92 Å². The fourth-order valence-electron chi connectivity index (χ4n) is 0.961. The van der Waals surface area contributed by atoms with Crippen LogP contribution in [0.2, 0.25) is 0 Å². The molecule has 1 heterocycles. The van der Waals surface area contributed by atoms with Crippen LogP contribution in [-0.2, 0) is 9.53 Å². The first-order valence-electron chi connectivity index (χ1n) is 3.27. The van der Waals surface area contributed by atoms with Gasteiger partial charge in [0.05, 0.1) is 6.54 Å². The monoisotopic (exact) mass is 159 g/mol. The van der Waals surface area contributed by atoms with Crippen LogP contribution < -0.4 is 0 Å². The molecule has 1 fully saturated rings. The van der Waals surface area contributed by atoms with Gasteiger partial charge in [-0.2, -0.15) is 0 Å². The summed E-state index contributed by atoms with van der Waals surface area (Å²) in [5, 5.41) is 8.33. The predicted molar refractivity (Wildman–Crippen MR) is 35.2 cm³/mol. The number of rotatable bonds is 2. The maximum atomic E-state index is 10.8. The van der Waals surface area contributed by atoms with Crippen molar-refractivity contribution in [3.05, 3.63) is 0 Å². The van der Waals surface area contributed by atoms with E-state index in [-0.39, 0.29) is 12.6 Å². The minimum Gasteiger partial charge on any atom is -0.480 e. The molecule has 0 bridgehead atoms. The molecular weight excluding hydrogens is 150 g/mol.